The molecule has 0 spiro atoms. The van der Waals surface area contributed by atoms with E-state index in [9.17, 15) is 13.2 Å². The summed E-state index contributed by atoms with van der Waals surface area (Å²) in [7, 11) is -3.94. The Kier molecular flexibility index (Phi) is 4.82. The van der Waals surface area contributed by atoms with Gasteiger partial charge in [-0.3, -0.25) is 4.79 Å². The maximum atomic E-state index is 12.8. The van der Waals surface area contributed by atoms with Crippen molar-refractivity contribution in [1.82, 2.24) is 3.89 Å². The number of rotatable bonds is 4. The van der Waals surface area contributed by atoms with Crippen LogP contribution in [-0.4, -0.2) is 32.7 Å². The monoisotopic (exact) mass is 406 g/mol. The predicted octanol–water partition coefficient (Wildman–Crippen LogP) is 1.91. The smallest absolute Gasteiger partial charge is 0.315 e. The molecule has 2 rings (SSSR count). The number of quaternary nitrogens is 1. The van der Waals surface area contributed by atoms with Crippen molar-refractivity contribution < 1.29 is 13.2 Å². The number of nitriles is 1. The Balaban J connectivity index is 2.74. The van der Waals surface area contributed by atoms with E-state index in [2.05, 4.69) is 15.9 Å². The number of nitrogens with zero attached hydrogens (tertiary/aromatic N) is 2. The van der Waals surface area contributed by atoms with Crippen molar-refractivity contribution in [3.05, 3.63) is 27.7 Å². The summed E-state index contributed by atoms with van der Waals surface area (Å²) >= 11 is 9.22. The highest BCUT2D eigenvalue weighted by Gasteiger charge is 2.56. The van der Waals surface area contributed by atoms with Crippen LogP contribution >= 0.6 is 27.5 Å². The molecule has 1 unspecified atom stereocenters. The molecule has 1 aliphatic heterocycles. The molecule has 0 radical (unpaired) electrons. The average Bonchev–Trinajstić information content (AvgIpc) is 2.88. The Bertz CT molecular complexity index is 762. The first-order valence-corrected chi connectivity index (χ1v) is 9.27. The van der Waals surface area contributed by atoms with Gasteiger partial charge in [-0.2, -0.15) is 17.6 Å². The number of carbonyl (C=O) groups excluding carboxylic acids is 1. The first-order valence-electron chi connectivity index (χ1n) is 6.49. The lowest BCUT2D eigenvalue weighted by Crippen LogP contribution is -2.62. The fraction of sp³-hybridized carbons (Fsp3) is 0.385. The van der Waals surface area contributed by atoms with Gasteiger partial charge in [0, 0.05) is 29.4 Å². The lowest BCUT2D eigenvalue weighted by atomic mass is 10.2. The number of benzene rings is 1. The van der Waals surface area contributed by atoms with Crippen LogP contribution in [-0.2, 0) is 14.8 Å². The zero-order chi connectivity index (χ0) is 16.5. The highest BCUT2D eigenvalue weighted by molar-refractivity contribution is 9.10. The number of sulfonamides is 1. The summed E-state index contributed by atoms with van der Waals surface area (Å²) in [5.41, 5.74) is 5.81. The van der Waals surface area contributed by atoms with Gasteiger partial charge in [0.2, 0.25) is 0 Å². The highest BCUT2D eigenvalue weighted by Crippen LogP contribution is 2.41. The maximum absolute atomic E-state index is 12.8. The topological polar surface area (TPSA) is 101 Å². The van der Waals surface area contributed by atoms with Gasteiger partial charge in [0.05, 0.1) is 17.6 Å². The fourth-order valence-corrected chi connectivity index (χ4v) is 5.27. The summed E-state index contributed by atoms with van der Waals surface area (Å²) in [6.45, 7) is 0.200. The average molecular weight is 408 g/mol. The molecule has 9 heteroatoms. The van der Waals surface area contributed by atoms with E-state index in [-0.39, 0.29) is 6.54 Å². The molecule has 0 bridgehead atoms. The predicted molar refractivity (Wildman–Crippen MR) is 87.4 cm³/mol. The molecule has 22 heavy (non-hydrogen) atoms. The Labute approximate surface area is 142 Å². The minimum absolute atomic E-state index is 0.200. The van der Waals surface area contributed by atoms with Gasteiger partial charge in [-0.25, -0.2) is 0 Å². The number of nitrogens with two attached hydrogens (primary N) is 1. The van der Waals surface area contributed by atoms with Crippen LogP contribution in [0.15, 0.2) is 22.7 Å². The number of hydrogen-bond acceptors (Lipinski definition) is 4. The molecule has 1 amide bonds. The van der Waals surface area contributed by atoms with Gasteiger partial charge in [-0.05, 0) is 22.0 Å². The van der Waals surface area contributed by atoms with Crippen LogP contribution in [0.5, 0.6) is 0 Å². The Hall–Kier alpha value is -1.14. The second-order valence-corrected chi connectivity index (χ2v) is 8.43. The van der Waals surface area contributed by atoms with Gasteiger partial charge in [-0.1, -0.05) is 11.6 Å². The van der Waals surface area contributed by atoms with Crippen LogP contribution in [0, 0.1) is 11.3 Å². The van der Waals surface area contributed by atoms with E-state index >= 15 is 0 Å². The molecule has 0 saturated carbocycles. The van der Waals surface area contributed by atoms with E-state index in [0.29, 0.717) is 28.0 Å². The minimum Gasteiger partial charge on any atom is -0.364 e. The standard InChI is InChI=1S/C13H13BrClN3O3S/c14-10-8-9(3-4-11(10)15)18(22(20,21)7-5-16)6-1-2-12(18)13(17)19/h3-4,8,12H,1-2,6-7H2,(H-,17,19)/p+1/t12-,18?/m1/s1. The quantitative estimate of drug-likeness (QED) is 0.770. The van der Waals surface area contributed by atoms with Crippen LogP contribution in [0.3, 0.4) is 0 Å². The van der Waals surface area contributed by atoms with E-state index in [1.165, 1.54) is 0 Å². The van der Waals surface area contributed by atoms with Crippen molar-refractivity contribution in [2.45, 2.75) is 18.9 Å². The van der Waals surface area contributed by atoms with Crippen LogP contribution in [0.1, 0.15) is 12.8 Å². The minimum atomic E-state index is -3.94. The zero-order valence-corrected chi connectivity index (χ0v) is 14.7. The van der Waals surface area contributed by atoms with E-state index in [1.807, 2.05) is 0 Å². The lowest BCUT2D eigenvalue weighted by molar-refractivity contribution is -0.120. The van der Waals surface area contributed by atoms with Crippen molar-refractivity contribution in [2.24, 2.45) is 5.73 Å². The van der Waals surface area contributed by atoms with Gasteiger partial charge >= 0.3 is 10.0 Å². The van der Waals surface area contributed by atoms with E-state index in [0.717, 1.165) is 0 Å². The normalized spacial score (nSPS) is 24.9. The summed E-state index contributed by atoms with van der Waals surface area (Å²) in [6.07, 6.45) is 0.888. The van der Waals surface area contributed by atoms with Crippen LogP contribution < -0.4 is 9.62 Å². The highest BCUT2D eigenvalue weighted by atomic mass is 79.9. The van der Waals surface area contributed by atoms with Crippen molar-refractivity contribution in [3.8, 4) is 6.07 Å². The van der Waals surface area contributed by atoms with Crippen LogP contribution in [0.2, 0.25) is 5.02 Å². The molecule has 0 aliphatic carbocycles. The van der Waals surface area contributed by atoms with E-state index in [4.69, 9.17) is 22.6 Å². The number of halogens is 2. The molecule has 1 saturated heterocycles. The van der Waals surface area contributed by atoms with Gasteiger partial charge in [0.1, 0.15) is 5.69 Å². The summed E-state index contributed by atoms with van der Waals surface area (Å²) in [4.78, 5) is 11.8. The Morgan fingerprint density at radius 3 is 2.77 bits per heavy atom. The maximum Gasteiger partial charge on any atom is 0.315 e. The number of hydrogen-bond donors (Lipinski definition) is 1. The van der Waals surface area contributed by atoms with Gasteiger partial charge in [-0.15, -0.1) is 0 Å². The van der Waals surface area contributed by atoms with Gasteiger partial charge < -0.3 is 5.73 Å². The molecule has 118 valence electrons. The Morgan fingerprint density at radius 1 is 1.55 bits per heavy atom. The molecule has 1 fully saturated rings. The van der Waals surface area contributed by atoms with E-state index < -0.39 is 31.6 Å². The molecular weight excluding hydrogens is 394 g/mol. The number of carbonyl (C=O) groups is 1. The summed E-state index contributed by atoms with van der Waals surface area (Å²) < 4.78 is 25.4. The summed E-state index contributed by atoms with van der Waals surface area (Å²) in [6, 6.07) is 5.44. The van der Waals surface area contributed by atoms with Gasteiger partial charge in [0.15, 0.2) is 11.8 Å². The second-order valence-electron chi connectivity index (χ2n) is 5.06. The number of primary amides is 1. The zero-order valence-electron chi connectivity index (χ0n) is 11.5. The summed E-state index contributed by atoms with van der Waals surface area (Å²) in [5, 5.41) is 9.29. The SMILES string of the molecule is N#CCS(=O)(=O)[N+]1(c2ccc(Cl)c(Br)c2)CCC[C@@H]1C(N)=O. The molecule has 1 aromatic carbocycles. The molecule has 2 N–H and O–H groups in total. The third-order valence-electron chi connectivity index (χ3n) is 3.88. The van der Waals surface area contributed by atoms with E-state index in [1.54, 1.807) is 24.3 Å². The van der Waals surface area contributed by atoms with Crippen molar-refractivity contribution in [3.63, 3.8) is 0 Å². The largest absolute Gasteiger partial charge is 0.364 e. The first-order chi connectivity index (χ1) is 10.3. The van der Waals surface area contributed by atoms with Crippen molar-refractivity contribution in [2.75, 3.05) is 12.3 Å². The van der Waals surface area contributed by atoms with Crippen LogP contribution in [0.25, 0.3) is 0 Å². The third kappa shape index (κ3) is 2.63. The molecule has 6 nitrogen and oxygen atoms in total. The van der Waals surface area contributed by atoms with Crippen LogP contribution in [0.4, 0.5) is 5.69 Å². The molecule has 1 aromatic rings. The third-order valence-corrected chi connectivity index (χ3v) is 7.23. The molecular formula is C13H14BrClN3O3S+. The summed E-state index contributed by atoms with van der Waals surface area (Å²) in [5.74, 6) is -1.37. The van der Waals surface area contributed by atoms with Crippen molar-refractivity contribution >= 4 is 49.1 Å². The fourth-order valence-electron chi connectivity index (χ4n) is 2.95. The molecule has 1 aliphatic rings. The first kappa shape index (κ1) is 17.2. The Morgan fingerprint density at radius 2 is 2.23 bits per heavy atom. The lowest BCUT2D eigenvalue weighted by Gasteiger charge is -2.35. The second kappa shape index (κ2) is 6.16. The molecule has 1 heterocycles. The van der Waals surface area contributed by atoms with Gasteiger partial charge in [0.25, 0.3) is 5.91 Å². The van der Waals surface area contributed by atoms with Crippen molar-refractivity contribution in [1.29, 1.82) is 5.26 Å². The molecule has 2 atom stereocenters. The molecule has 0 aromatic heterocycles. The number of amides is 1.